The Morgan fingerprint density at radius 3 is 2.17 bits per heavy atom. The molecule has 128 valence electrons. The topological polar surface area (TPSA) is 41.1 Å². The van der Waals surface area contributed by atoms with Gasteiger partial charge in [0.25, 0.3) is 0 Å². The minimum Gasteiger partial charge on any atom is -0.306 e. The van der Waals surface area contributed by atoms with Gasteiger partial charge < -0.3 is 10.6 Å². The van der Waals surface area contributed by atoms with E-state index in [9.17, 15) is 31.1 Å². The number of hydrogen-bond acceptors (Lipinski definition) is 1. The van der Waals surface area contributed by atoms with Gasteiger partial charge in [0.2, 0.25) is 0 Å². The Hall–Kier alpha value is -2.42. The summed E-state index contributed by atoms with van der Waals surface area (Å²) in [4.78, 5) is 11.7. The Balaban J connectivity index is 2.20. The molecule has 0 aromatic heterocycles. The van der Waals surface area contributed by atoms with Crippen LogP contribution in [0.4, 0.5) is 42.5 Å². The Morgan fingerprint density at radius 2 is 1.54 bits per heavy atom. The van der Waals surface area contributed by atoms with Crippen molar-refractivity contribution in [2.24, 2.45) is 0 Å². The summed E-state index contributed by atoms with van der Waals surface area (Å²) in [5.74, 6) is -4.91. The molecule has 2 aromatic rings. The summed E-state index contributed by atoms with van der Waals surface area (Å²) in [6.07, 6.45) is -4.66. The molecule has 2 aromatic carbocycles. The summed E-state index contributed by atoms with van der Waals surface area (Å²) in [6, 6.07) is 2.33. The lowest BCUT2D eigenvalue weighted by Crippen LogP contribution is -2.21. The van der Waals surface area contributed by atoms with Gasteiger partial charge in [0.1, 0.15) is 0 Å². The summed E-state index contributed by atoms with van der Waals surface area (Å²) >= 11 is 5.68. The Morgan fingerprint density at radius 1 is 0.917 bits per heavy atom. The maximum atomic E-state index is 13.4. The fraction of sp³-hybridized carbons (Fsp3) is 0.0714. The van der Waals surface area contributed by atoms with E-state index < -0.39 is 46.6 Å². The molecule has 0 bridgehead atoms. The number of nitrogens with one attached hydrogen (secondary N) is 2. The number of carbonyl (C=O) groups excluding carboxylic acids is 1. The monoisotopic (exact) mass is 368 g/mol. The number of halogens is 7. The van der Waals surface area contributed by atoms with Crippen LogP contribution in [0.5, 0.6) is 0 Å². The zero-order valence-corrected chi connectivity index (χ0v) is 12.2. The molecule has 0 atom stereocenters. The molecule has 0 fully saturated rings. The Kier molecular flexibility index (Phi) is 4.93. The van der Waals surface area contributed by atoms with Gasteiger partial charge in [-0.2, -0.15) is 13.2 Å². The highest BCUT2D eigenvalue weighted by Crippen LogP contribution is 2.33. The number of urea groups is 1. The number of alkyl halides is 3. The SMILES string of the molecule is O=C(Nc1cc(C(F)(F)F)ccc1Cl)Nc1ccc(F)c(F)c1F. The molecule has 2 N–H and O–H groups in total. The van der Waals surface area contributed by atoms with Crippen LogP contribution in [-0.4, -0.2) is 6.03 Å². The number of amides is 2. The Labute approximate surface area is 136 Å². The lowest BCUT2D eigenvalue weighted by molar-refractivity contribution is -0.137. The van der Waals surface area contributed by atoms with Crippen molar-refractivity contribution in [3.8, 4) is 0 Å². The van der Waals surface area contributed by atoms with E-state index in [-0.39, 0.29) is 5.02 Å². The average Bonchev–Trinajstić information content (AvgIpc) is 2.49. The van der Waals surface area contributed by atoms with Crippen LogP contribution in [0.25, 0.3) is 0 Å². The van der Waals surface area contributed by atoms with Gasteiger partial charge in [-0.15, -0.1) is 0 Å². The molecule has 3 nitrogen and oxygen atoms in total. The van der Waals surface area contributed by atoms with Crippen molar-refractivity contribution in [1.82, 2.24) is 0 Å². The first kappa shape index (κ1) is 17.9. The second kappa shape index (κ2) is 6.60. The number of anilines is 2. The standard InChI is InChI=1S/C14H7ClF6N2O/c15-7-2-1-6(14(19,20)21)5-10(7)23-13(24)22-9-4-3-8(16)11(17)12(9)18/h1-5H,(H2,22,23,24). The fourth-order valence-electron chi connectivity index (χ4n) is 1.70. The van der Waals surface area contributed by atoms with E-state index >= 15 is 0 Å². The van der Waals surface area contributed by atoms with E-state index in [2.05, 4.69) is 0 Å². The molecule has 10 heteroatoms. The molecule has 0 heterocycles. The molecular weight excluding hydrogens is 362 g/mol. The van der Waals surface area contributed by atoms with Crippen LogP contribution >= 0.6 is 11.6 Å². The average molecular weight is 369 g/mol. The van der Waals surface area contributed by atoms with Crippen LogP contribution in [0.15, 0.2) is 30.3 Å². The van der Waals surface area contributed by atoms with Crippen molar-refractivity contribution in [1.29, 1.82) is 0 Å². The largest absolute Gasteiger partial charge is 0.416 e. The molecule has 0 unspecified atom stereocenters. The summed E-state index contributed by atoms with van der Waals surface area (Å²) in [6.45, 7) is 0. The van der Waals surface area contributed by atoms with E-state index in [0.29, 0.717) is 18.2 Å². The van der Waals surface area contributed by atoms with E-state index in [4.69, 9.17) is 11.6 Å². The van der Waals surface area contributed by atoms with E-state index in [1.807, 2.05) is 10.6 Å². The zero-order valence-electron chi connectivity index (χ0n) is 11.4. The summed E-state index contributed by atoms with van der Waals surface area (Å²) < 4.78 is 77.1. The van der Waals surface area contributed by atoms with Crippen molar-refractivity contribution in [2.45, 2.75) is 6.18 Å². The van der Waals surface area contributed by atoms with Gasteiger partial charge in [0.05, 0.1) is 22.0 Å². The molecule has 0 aliphatic carbocycles. The van der Waals surface area contributed by atoms with Gasteiger partial charge in [-0.1, -0.05) is 11.6 Å². The van der Waals surface area contributed by atoms with Crippen LogP contribution in [0.3, 0.4) is 0 Å². The van der Waals surface area contributed by atoms with Gasteiger partial charge in [-0.05, 0) is 30.3 Å². The molecule has 24 heavy (non-hydrogen) atoms. The first-order valence-corrected chi connectivity index (χ1v) is 6.55. The minimum absolute atomic E-state index is 0.205. The van der Waals surface area contributed by atoms with Crippen LogP contribution in [-0.2, 0) is 6.18 Å². The van der Waals surface area contributed by atoms with Crippen molar-refractivity contribution >= 4 is 29.0 Å². The molecule has 2 amide bonds. The first-order chi connectivity index (χ1) is 11.1. The lowest BCUT2D eigenvalue weighted by Gasteiger charge is -2.13. The fourth-order valence-corrected chi connectivity index (χ4v) is 1.86. The van der Waals surface area contributed by atoms with Crippen molar-refractivity contribution in [3.05, 3.63) is 58.4 Å². The smallest absolute Gasteiger partial charge is 0.306 e. The van der Waals surface area contributed by atoms with Crippen molar-refractivity contribution in [2.75, 3.05) is 10.6 Å². The normalized spacial score (nSPS) is 11.3. The maximum Gasteiger partial charge on any atom is 0.416 e. The predicted molar refractivity (Wildman–Crippen MR) is 75.4 cm³/mol. The summed E-state index contributed by atoms with van der Waals surface area (Å²) in [5.41, 5.74) is -2.16. The first-order valence-electron chi connectivity index (χ1n) is 6.18. The zero-order chi connectivity index (χ0) is 18.1. The van der Waals surface area contributed by atoms with Crippen molar-refractivity contribution in [3.63, 3.8) is 0 Å². The highest BCUT2D eigenvalue weighted by Gasteiger charge is 2.31. The molecule has 0 aliphatic rings. The van der Waals surface area contributed by atoms with E-state index in [1.165, 1.54) is 0 Å². The second-order valence-electron chi connectivity index (χ2n) is 4.49. The van der Waals surface area contributed by atoms with Crippen LogP contribution in [0.1, 0.15) is 5.56 Å². The maximum absolute atomic E-state index is 13.4. The van der Waals surface area contributed by atoms with Crippen LogP contribution in [0, 0.1) is 17.5 Å². The van der Waals surface area contributed by atoms with Gasteiger partial charge >= 0.3 is 12.2 Å². The molecule has 0 saturated heterocycles. The number of rotatable bonds is 2. The van der Waals surface area contributed by atoms with E-state index in [0.717, 1.165) is 12.1 Å². The molecule has 0 radical (unpaired) electrons. The second-order valence-corrected chi connectivity index (χ2v) is 4.90. The number of hydrogen-bond donors (Lipinski definition) is 2. The van der Waals surface area contributed by atoms with Crippen molar-refractivity contribution < 1.29 is 31.1 Å². The minimum atomic E-state index is -4.66. The van der Waals surface area contributed by atoms with Gasteiger partial charge in [-0.25, -0.2) is 18.0 Å². The highest BCUT2D eigenvalue weighted by molar-refractivity contribution is 6.33. The number of benzene rings is 2. The molecule has 0 aliphatic heterocycles. The van der Waals surface area contributed by atoms with Gasteiger partial charge in [0, 0.05) is 0 Å². The van der Waals surface area contributed by atoms with Gasteiger partial charge in [0.15, 0.2) is 17.5 Å². The summed E-state index contributed by atoms with van der Waals surface area (Å²) in [5, 5.41) is 3.60. The molecular formula is C14H7ClF6N2O. The molecule has 2 rings (SSSR count). The third-order valence-electron chi connectivity index (χ3n) is 2.83. The number of carbonyl (C=O) groups is 1. The third-order valence-corrected chi connectivity index (χ3v) is 3.15. The molecule has 0 spiro atoms. The quantitative estimate of drug-likeness (QED) is 0.539. The molecule has 0 saturated carbocycles. The highest BCUT2D eigenvalue weighted by atomic mass is 35.5. The van der Waals surface area contributed by atoms with E-state index in [1.54, 1.807) is 0 Å². The predicted octanol–water partition coefficient (Wildman–Crippen LogP) is 5.42. The van der Waals surface area contributed by atoms with Crippen LogP contribution < -0.4 is 10.6 Å². The summed E-state index contributed by atoms with van der Waals surface area (Å²) in [7, 11) is 0. The lowest BCUT2D eigenvalue weighted by atomic mass is 10.2. The van der Waals surface area contributed by atoms with Crippen LogP contribution in [0.2, 0.25) is 5.02 Å². The Bertz CT molecular complexity index is 794. The van der Waals surface area contributed by atoms with Gasteiger partial charge in [-0.3, -0.25) is 0 Å². The third kappa shape index (κ3) is 3.91.